The third kappa shape index (κ3) is 6.72. The van der Waals surface area contributed by atoms with Gasteiger partial charge in [-0.3, -0.25) is 4.99 Å². The highest BCUT2D eigenvalue weighted by molar-refractivity contribution is 14.0. The van der Waals surface area contributed by atoms with Gasteiger partial charge in [-0.1, -0.05) is 25.1 Å². The monoisotopic (exact) mass is 520 g/mol. The van der Waals surface area contributed by atoms with Crippen LogP contribution in [-0.4, -0.2) is 34.4 Å². The summed E-state index contributed by atoms with van der Waals surface area (Å²) >= 11 is 0. The maximum Gasteiger partial charge on any atom is 0.213 e. The normalized spacial score (nSPS) is 12.0. The molecule has 2 aromatic heterocycles. The first-order chi connectivity index (χ1) is 14.2. The molecule has 0 aliphatic heterocycles. The summed E-state index contributed by atoms with van der Waals surface area (Å²) in [7, 11) is 1.77. The second-order valence-electron chi connectivity index (χ2n) is 6.69. The highest BCUT2D eigenvalue weighted by atomic mass is 127. The molecule has 0 aliphatic carbocycles. The van der Waals surface area contributed by atoms with Crippen LogP contribution in [0.2, 0.25) is 0 Å². The van der Waals surface area contributed by atoms with Gasteiger partial charge in [-0.2, -0.15) is 5.10 Å². The molecule has 8 heteroatoms. The van der Waals surface area contributed by atoms with E-state index in [9.17, 15) is 0 Å². The molecule has 1 aromatic carbocycles. The van der Waals surface area contributed by atoms with Gasteiger partial charge in [0.15, 0.2) is 5.96 Å². The topological polar surface area (TPSA) is 76.4 Å². The summed E-state index contributed by atoms with van der Waals surface area (Å²) in [6, 6.07) is 14.2. The van der Waals surface area contributed by atoms with Crippen molar-refractivity contribution in [1.82, 2.24) is 25.4 Å². The summed E-state index contributed by atoms with van der Waals surface area (Å²) in [4.78, 5) is 8.66. The smallest absolute Gasteiger partial charge is 0.213 e. The zero-order valence-corrected chi connectivity index (χ0v) is 19.9. The molecule has 30 heavy (non-hydrogen) atoms. The number of benzene rings is 1. The molecule has 2 heterocycles. The van der Waals surface area contributed by atoms with Crippen LogP contribution in [-0.2, 0) is 6.54 Å². The average Bonchev–Trinajstić information content (AvgIpc) is 3.31. The maximum absolute atomic E-state index is 5.52. The molecule has 3 aromatic rings. The van der Waals surface area contributed by atoms with Gasteiger partial charge in [-0.05, 0) is 42.7 Å². The maximum atomic E-state index is 5.52. The first-order valence-corrected chi connectivity index (χ1v) is 9.84. The summed E-state index contributed by atoms with van der Waals surface area (Å²) in [5, 5.41) is 11.1. The number of halogens is 1. The molecule has 0 radical (unpaired) electrons. The highest BCUT2D eigenvalue weighted by Gasteiger charge is 2.09. The second kappa shape index (κ2) is 12.2. The number of rotatable bonds is 8. The summed E-state index contributed by atoms with van der Waals surface area (Å²) in [6.45, 7) is 5.49. The standard InChI is InChI=1S/C22H28N6O.HI/c1-4-13-29-21-10-9-18(15-24-21)16-25-22(23-3)27-17(2)19-7-5-8-20(14-19)28-12-6-11-26-28;/h5-12,14-15,17H,4,13,16H2,1-3H3,(H2,23,25,27);1H. The Hall–Kier alpha value is -2.62. The van der Waals surface area contributed by atoms with E-state index in [1.165, 1.54) is 0 Å². The van der Waals surface area contributed by atoms with Gasteiger partial charge in [-0.25, -0.2) is 9.67 Å². The van der Waals surface area contributed by atoms with Crippen molar-refractivity contribution in [1.29, 1.82) is 0 Å². The summed E-state index contributed by atoms with van der Waals surface area (Å²) in [6.07, 6.45) is 6.50. The Morgan fingerprint density at radius 2 is 2.10 bits per heavy atom. The number of pyridine rings is 1. The third-order valence-corrected chi connectivity index (χ3v) is 4.43. The van der Waals surface area contributed by atoms with E-state index in [1.54, 1.807) is 13.2 Å². The molecule has 0 fully saturated rings. The molecule has 0 spiro atoms. The fourth-order valence-electron chi connectivity index (χ4n) is 2.83. The molecule has 0 saturated heterocycles. The third-order valence-electron chi connectivity index (χ3n) is 4.43. The minimum Gasteiger partial charge on any atom is -0.478 e. The van der Waals surface area contributed by atoms with E-state index in [1.807, 2.05) is 47.4 Å². The summed E-state index contributed by atoms with van der Waals surface area (Å²) < 4.78 is 7.37. The van der Waals surface area contributed by atoms with E-state index < -0.39 is 0 Å². The van der Waals surface area contributed by atoms with Crippen molar-refractivity contribution in [3.63, 3.8) is 0 Å². The van der Waals surface area contributed by atoms with Gasteiger partial charge < -0.3 is 15.4 Å². The van der Waals surface area contributed by atoms with Crippen LogP contribution >= 0.6 is 24.0 Å². The number of aromatic nitrogens is 3. The van der Waals surface area contributed by atoms with Crippen LogP contribution in [0.5, 0.6) is 5.88 Å². The first-order valence-electron chi connectivity index (χ1n) is 9.84. The highest BCUT2D eigenvalue weighted by Crippen LogP contribution is 2.16. The average molecular weight is 520 g/mol. The second-order valence-corrected chi connectivity index (χ2v) is 6.69. The molecule has 1 atom stereocenters. The van der Waals surface area contributed by atoms with E-state index in [4.69, 9.17) is 4.74 Å². The molecule has 0 aliphatic rings. The Labute approximate surface area is 195 Å². The number of hydrogen-bond acceptors (Lipinski definition) is 4. The van der Waals surface area contributed by atoms with Crippen molar-refractivity contribution in [2.45, 2.75) is 32.9 Å². The fraction of sp³-hybridized carbons (Fsp3) is 0.318. The minimum atomic E-state index is 0. The lowest BCUT2D eigenvalue weighted by Crippen LogP contribution is -2.38. The zero-order valence-electron chi connectivity index (χ0n) is 17.6. The summed E-state index contributed by atoms with van der Waals surface area (Å²) in [5.41, 5.74) is 3.24. The van der Waals surface area contributed by atoms with E-state index in [0.717, 1.165) is 29.2 Å². The number of nitrogens with zero attached hydrogens (tertiary/aromatic N) is 4. The molecular formula is C22H29IN6O. The van der Waals surface area contributed by atoms with Gasteiger partial charge in [-0.15, -0.1) is 24.0 Å². The Bertz CT molecular complexity index is 912. The van der Waals surface area contributed by atoms with E-state index in [2.05, 4.69) is 51.7 Å². The molecule has 2 N–H and O–H groups in total. The van der Waals surface area contributed by atoms with Crippen LogP contribution < -0.4 is 15.4 Å². The van der Waals surface area contributed by atoms with Crippen molar-refractivity contribution in [2.24, 2.45) is 4.99 Å². The zero-order chi connectivity index (χ0) is 20.5. The Morgan fingerprint density at radius 1 is 1.23 bits per heavy atom. The molecule has 3 rings (SSSR count). The molecule has 0 bridgehead atoms. The van der Waals surface area contributed by atoms with Crippen LogP contribution in [0, 0.1) is 0 Å². The van der Waals surface area contributed by atoms with Crippen molar-refractivity contribution >= 4 is 29.9 Å². The van der Waals surface area contributed by atoms with Gasteiger partial charge in [0, 0.05) is 38.2 Å². The number of aliphatic imine (C=N–C) groups is 1. The quantitative estimate of drug-likeness (QED) is 0.266. The number of ether oxygens (including phenoxy) is 1. The Balaban J connectivity index is 0.00000320. The molecular weight excluding hydrogens is 491 g/mol. The van der Waals surface area contributed by atoms with Gasteiger partial charge in [0.25, 0.3) is 0 Å². The van der Waals surface area contributed by atoms with Crippen molar-refractivity contribution in [2.75, 3.05) is 13.7 Å². The van der Waals surface area contributed by atoms with Crippen LogP contribution in [0.1, 0.15) is 37.4 Å². The van der Waals surface area contributed by atoms with Crippen LogP contribution in [0.4, 0.5) is 0 Å². The lowest BCUT2D eigenvalue weighted by molar-refractivity contribution is 0.305. The van der Waals surface area contributed by atoms with E-state index in [0.29, 0.717) is 19.0 Å². The van der Waals surface area contributed by atoms with Crippen molar-refractivity contribution < 1.29 is 4.74 Å². The lowest BCUT2D eigenvalue weighted by Gasteiger charge is -2.19. The molecule has 1 unspecified atom stereocenters. The van der Waals surface area contributed by atoms with Crippen molar-refractivity contribution in [3.8, 4) is 11.6 Å². The van der Waals surface area contributed by atoms with Gasteiger partial charge in [0.05, 0.1) is 18.3 Å². The Kier molecular flexibility index (Phi) is 9.59. The van der Waals surface area contributed by atoms with Gasteiger partial charge >= 0.3 is 0 Å². The first kappa shape index (κ1) is 23.7. The molecule has 0 saturated carbocycles. The van der Waals surface area contributed by atoms with Crippen molar-refractivity contribution in [3.05, 3.63) is 72.2 Å². The van der Waals surface area contributed by atoms with E-state index >= 15 is 0 Å². The largest absolute Gasteiger partial charge is 0.478 e. The van der Waals surface area contributed by atoms with Crippen LogP contribution in [0.15, 0.2) is 66.0 Å². The lowest BCUT2D eigenvalue weighted by atomic mass is 10.1. The van der Waals surface area contributed by atoms with Gasteiger partial charge in [0.1, 0.15) is 0 Å². The summed E-state index contributed by atoms with van der Waals surface area (Å²) in [5.74, 6) is 1.39. The predicted molar refractivity (Wildman–Crippen MR) is 131 cm³/mol. The number of guanidine groups is 1. The molecule has 160 valence electrons. The van der Waals surface area contributed by atoms with Gasteiger partial charge in [0.2, 0.25) is 5.88 Å². The number of hydrogen-bond donors (Lipinski definition) is 2. The predicted octanol–water partition coefficient (Wildman–Crippen LogP) is 4.10. The molecule has 7 nitrogen and oxygen atoms in total. The number of nitrogens with one attached hydrogen (secondary N) is 2. The minimum absolute atomic E-state index is 0. The van der Waals surface area contributed by atoms with Crippen LogP contribution in [0.3, 0.4) is 0 Å². The molecule has 0 amide bonds. The van der Waals surface area contributed by atoms with Crippen LogP contribution in [0.25, 0.3) is 5.69 Å². The SMILES string of the molecule is CCCOc1ccc(CNC(=NC)NC(C)c2cccc(-n3cccn3)c2)cn1.I. The fourth-order valence-corrected chi connectivity index (χ4v) is 2.83. The Morgan fingerprint density at radius 3 is 2.77 bits per heavy atom. The van der Waals surface area contributed by atoms with E-state index in [-0.39, 0.29) is 30.0 Å².